The quantitative estimate of drug-likeness (QED) is 0.760. The van der Waals surface area contributed by atoms with Gasteiger partial charge in [-0.2, -0.15) is 4.98 Å². The van der Waals surface area contributed by atoms with Crippen LogP contribution < -0.4 is 4.74 Å². The molecule has 1 saturated heterocycles. The van der Waals surface area contributed by atoms with Crippen LogP contribution in [0.2, 0.25) is 5.15 Å². The molecular weight excluding hydrogens is 228 g/mol. The molecule has 2 rings (SSSR count). The average Bonchev–Trinajstić information content (AvgIpc) is 2.70. The van der Waals surface area contributed by atoms with Crippen LogP contribution in [0.25, 0.3) is 0 Å². The minimum absolute atomic E-state index is 0.0976. The molecule has 0 spiro atoms. The zero-order chi connectivity index (χ0) is 11.4. The topological polar surface area (TPSA) is 44.2 Å². The van der Waals surface area contributed by atoms with Crippen LogP contribution in [-0.4, -0.2) is 29.3 Å². The number of ether oxygens (including phenoxy) is 2. The Bertz CT molecular complexity index is 354. The molecule has 16 heavy (non-hydrogen) atoms. The summed E-state index contributed by atoms with van der Waals surface area (Å²) in [6.07, 6.45) is 2.82. The van der Waals surface area contributed by atoms with E-state index in [4.69, 9.17) is 21.1 Å². The molecule has 0 aromatic carbocycles. The standard InChI is InChI=1S/C11H15ClN2O2/c1-2-3-10-13-9(12)6-11(14-10)16-8-4-5-15-7-8/h6,8H,2-5,7H2,1H3. The summed E-state index contributed by atoms with van der Waals surface area (Å²) in [5, 5.41) is 0.437. The van der Waals surface area contributed by atoms with Crippen LogP contribution >= 0.6 is 11.6 Å². The lowest BCUT2D eigenvalue weighted by molar-refractivity contribution is 0.137. The van der Waals surface area contributed by atoms with E-state index in [0.717, 1.165) is 31.7 Å². The van der Waals surface area contributed by atoms with Crippen molar-refractivity contribution in [2.24, 2.45) is 0 Å². The second kappa shape index (κ2) is 5.46. The summed E-state index contributed by atoms with van der Waals surface area (Å²) >= 11 is 5.91. The number of aromatic nitrogens is 2. The highest BCUT2D eigenvalue weighted by Crippen LogP contribution is 2.18. The summed E-state index contributed by atoms with van der Waals surface area (Å²) < 4.78 is 10.9. The SMILES string of the molecule is CCCc1nc(Cl)cc(OC2CCOC2)n1. The summed E-state index contributed by atoms with van der Waals surface area (Å²) in [6, 6.07) is 1.65. The summed E-state index contributed by atoms with van der Waals surface area (Å²) in [5.41, 5.74) is 0. The van der Waals surface area contributed by atoms with Gasteiger partial charge in [-0.05, 0) is 6.42 Å². The summed E-state index contributed by atoms with van der Waals surface area (Å²) in [6.45, 7) is 3.46. The first-order valence-electron chi connectivity index (χ1n) is 5.56. The van der Waals surface area contributed by atoms with Crippen LogP contribution in [0.5, 0.6) is 5.88 Å². The first-order chi connectivity index (χ1) is 7.78. The molecule has 1 atom stereocenters. The molecule has 0 N–H and O–H groups in total. The molecule has 88 valence electrons. The van der Waals surface area contributed by atoms with E-state index < -0.39 is 0 Å². The van der Waals surface area contributed by atoms with E-state index in [9.17, 15) is 0 Å². The molecule has 1 fully saturated rings. The fourth-order valence-electron chi connectivity index (χ4n) is 1.61. The second-order valence-electron chi connectivity index (χ2n) is 3.80. The normalized spacial score (nSPS) is 20.0. The van der Waals surface area contributed by atoms with E-state index in [1.165, 1.54) is 0 Å². The van der Waals surface area contributed by atoms with Crippen molar-refractivity contribution in [1.29, 1.82) is 0 Å². The molecule has 2 heterocycles. The zero-order valence-electron chi connectivity index (χ0n) is 9.28. The van der Waals surface area contributed by atoms with Gasteiger partial charge in [0, 0.05) is 18.9 Å². The van der Waals surface area contributed by atoms with Crippen LogP contribution in [0.15, 0.2) is 6.07 Å². The lowest BCUT2D eigenvalue weighted by Gasteiger charge is -2.11. The molecule has 1 aromatic heterocycles. The van der Waals surface area contributed by atoms with Crippen molar-refractivity contribution in [3.63, 3.8) is 0 Å². The first-order valence-corrected chi connectivity index (χ1v) is 5.93. The molecule has 5 heteroatoms. The second-order valence-corrected chi connectivity index (χ2v) is 4.19. The third-order valence-corrected chi connectivity index (χ3v) is 2.56. The van der Waals surface area contributed by atoms with Gasteiger partial charge in [0.2, 0.25) is 5.88 Å². The monoisotopic (exact) mass is 242 g/mol. The Morgan fingerprint density at radius 3 is 3.12 bits per heavy atom. The third-order valence-electron chi connectivity index (χ3n) is 2.37. The zero-order valence-corrected chi connectivity index (χ0v) is 10.0. The Balaban J connectivity index is 2.06. The van der Waals surface area contributed by atoms with Gasteiger partial charge in [0.15, 0.2) is 0 Å². The maximum atomic E-state index is 5.91. The number of halogens is 1. The number of aryl methyl sites for hydroxylation is 1. The lowest BCUT2D eigenvalue weighted by atomic mass is 10.3. The van der Waals surface area contributed by atoms with Crippen molar-refractivity contribution in [3.8, 4) is 5.88 Å². The largest absolute Gasteiger partial charge is 0.472 e. The van der Waals surface area contributed by atoms with Gasteiger partial charge >= 0.3 is 0 Å². The molecule has 0 aliphatic carbocycles. The minimum atomic E-state index is 0.0976. The van der Waals surface area contributed by atoms with E-state index in [-0.39, 0.29) is 6.10 Å². The molecule has 1 aliphatic heterocycles. The Morgan fingerprint density at radius 1 is 1.56 bits per heavy atom. The van der Waals surface area contributed by atoms with Gasteiger partial charge < -0.3 is 9.47 Å². The number of hydrogen-bond donors (Lipinski definition) is 0. The van der Waals surface area contributed by atoms with E-state index in [0.29, 0.717) is 17.6 Å². The van der Waals surface area contributed by atoms with Crippen LogP contribution in [0.1, 0.15) is 25.6 Å². The van der Waals surface area contributed by atoms with Gasteiger partial charge in [-0.25, -0.2) is 4.98 Å². The highest BCUT2D eigenvalue weighted by molar-refractivity contribution is 6.29. The Kier molecular flexibility index (Phi) is 3.96. The molecule has 0 radical (unpaired) electrons. The van der Waals surface area contributed by atoms with Crippen LogP contribution in [-0.2, 0) is 11.2 Å². The van der Waals surface area contributed by atoms with Crippen molar-refractivity contribution in [2.75, 3.05) is 13.2 Å². The number of rotatable bonds is 4. The van der Waals surface area contributed by atoms with E-state index >= 15 is 0 Å². The molecule has 4 nitrogen and oxygen atoms in total. The van der Waals surface area contributed by atoms with Crippen molar-refractivity contribution < 1.29 is 9.47 Å². The third kappa shape index (κ3) is 3.06. The predicted molar refractivity (Wildman–Crippen MR) is 60.9 cm³/mol. The first kappa shape index (κ1) is 11.6. The van der Waals surface area contributed by atoms with Crippen LogP contribution in [0, 0.1) is 0 Å². The van der Waals surface area contributed by atoms with E-state index in [1.54, 1.807) is 6.07 Å². The van der Waals surface area contributed by atoms with Gasteiger partial charge in [0.05, 0.1) is 13.2 Å². The molecule has 1 aromatic rings. The Labute approximate surface area is 99.9 Å². The molecular formula is C11H15ClN2O2. The van der Waals surface area contributed by atoms with Crippen LogP contribution in [0.3, 0.4) is 0 Å². The van der Waals surface area contributed by atoms with Crippen molar-refractivity contribution in [3.05, 3.63) is 17.0 Å². The van der Waals surface area contributed by atoms with Crippen molar-refractivity contribution in [2.45, 2.75) is 32.3 Å². The minimum Gasteiger partial charge on any atom is -0.472 e. The van der Waals surface area contributed by atoms with Crippen molar-refractivity contribution >= 4 is 11.6 Å². The Hall–Kier alpha value is -0.870. The highest BCUT2D eigenvalue weighted by atomic mass is 35.5. The molecule has 0 amide bonds. The van der Waals surface area contributed by atoms with Gasteiger partial charge in [0.25, 0.3) is 0 Å². The van der Waals surface area contributed by atoms with Gasteiger partial charge in [-0.1, -0.05) is 18.5 Å². The van der Waals surface area contributed by atoms with Crippen molar-refractivity contribution in [1.82, 2.24) is 9.97 Å². The maximum absolute atomic E-state index is 5.91. The van der Waals surface area contributed by atoms with Gasteiger partial charge in [-0.3, -0.25) is 0 Å². The fraction of sp³-hybridized carbons (Fsp3) is 0.636. The van der Waals surface area contributed by atoms with Gasteiger partial charge in [0.1, 0.15) is 17.1 Å². The van der Waals surface area contributed by atoms with Gasteiger partial charge in [-0.15, -0.1) is 0 Å². The molecule has 1 aliphatic rings. The molecule has 0 saturated carbocycles. The number of hydrogen-bond acceptors (Lipinski definition) is 4. The molecule has 0 bridgehead atoms. The summed E-state index contributed by atoms with van der Waals surface area (Å²) in [5.74, 6) is 1.29. The lowest BCUT2D eigenvalue weighted by Crippen LogP contribution is -2.17. The predicted octanol–water partition coefficient (Wildman–Crippen LogP) is 2.25. The average molecular weight is 243 g/mol. The summed E-state index contributed by atoms with van der Waals surface area (Å²) in [7, 11) is 0. The molecule has 1 unspecified atom stereocenters. The van der Waals surface area contributed by atoms with E-state index in [2.05, 4.69) is 16.9 Å². The highest BCUT2D eigenvalue weighted by Gasteiger charge is 2.18. The Morgan fingerprint density at radius 2 is 2.44 bits per heavy atom. The smallest absolute Gasteiger partial charge is 0.218 e. The fourth-order valence-corrected chi connectivity index (χ4v) is 1.81. The maximum Gasteiger partial charge on any atom is 0.218 e. The number of nitrogens with zero attached hydrogens (tertiary/aromatic N) is 2. The summed E-state index contributed by atoms with van der Waals surface area (Å²) in [4.78, 5) is 8.45. The van der Waals surface area contributed by atoms with Crippen LogP contribution in [0.4, 0.5) is 0 Å². The van der Waals surface area contributed by atoms with E-state index in [1.807, 2.05) is 0 Å².